The van der Waals surface area contributed by atoms with Gasteiger partial charge in [-0.2, -0.15) is 0 Å². The number of unbranched alkanes of at least 4 members (excludes halogenated alkanes) is 8. The van der Waals surface area contributed by atoms with Crippen LogP contribution in [0, 0.1) is 0 Å². The van der Waals surface area contributed by atoms with Gasteiger partial charge in [-0.3, -0.25) is 9.59 Å². The molecular formula is C27H52ClN3O3. The third-order valence-electron chi connectivity index (χ3n) is 5.62. The molecular weight excluding hydrogens is 450 g/mol. The summed E-state index contributed by atoms with van der Waals surface area (Å²) in [5.74, 6) is 0.0751. The van der Waals surface area contributed by atoms with Crippen molar-refractivity contribution >= 4 is 11.8 Å². The molecule has 0 atom stereocenters. The first-order chi connectivity index (χ1) is 15.9. The Morgan fingerprint density at radius 2 is 1.35 bits per heavy atom. The Bertz CT molecular complexity index is 551. The summed E-state index contributed by atoms with van der Waals surface area (Å²) in [6, 6.07) is 0. The van der Waals surface area contributed by atoms with Crippen molar-refractivity contribution in [3.05, 3.63) is 24.3 Å². The molecule has 0 saturated carbocycles. The van der Waals surface area contributed by atoms with Crippen LogP contribution in [0.15, 0.2) is 24.3 Å². The fourth-order valence-corrected chi connectivity index (χ4v) is 3.64. The van der Waals surface area contributed by atoms with Gasteiger partial charge in [-0.1, -0.05) is 63.3 Å². The molecule has 0 unspecified atom stereocenters. The number of carbonyl (C=O) groups excluding carboxylic acids is 2. The monoisotopic (exact) mass is 501 g/mol. The molecule has 0 bridgehead atoms. The molecule has 0 rings (SSSR count). The number of hydrogen-bond donors (Lipinski definition) is 3. The molecule has 200 valence electrons. The fourth-order valence-electron chi connectivity index (χ4n) is 3.64. The predicted molar refractivity (Wildman–Crippen MR) is 139 cm³/mol. The molecule has 0 saturated heterocycles. The van der Waals surface area contributed by atoms with Gasteiger partial charge in [0.05, 0.1) is 27.2 Å². The molecule has 0 aliphatic heterocycles. The molecule has 0 aliphatic rings. The number of allylic oxidation sites excluding steroid dienone is 4. The van der Waals surface area contributed by atoms with Crippen molar-refractivity contribution in [2.24, 2.45) is 0 Å². The van der Waals surface area contributed by atoms with Gasteiger partial charge in [0.25, 0.3) is 5.91 Å². The normalized spacial score (nSPS) is 11.6. The van der Waals surface area contributed by atoms with Gasteiger partial charge in [-0.05, 0) is 38.5 Å². The average molecular weight is 502 g/mol. The van der Waals surface area contributed by atoms with E-state index in [-0.39, 0.29) is 30.8 Å². The molecule has 0 heterocycles. The number of aliphatic hydroxyl groups excluding tert-OH is 1. The summed E-state index contributed by atoms with van der Waals surface area (Å²) in [5.41, 5.74) is 0. The molecule has 6 nitrogen and oxygen atoms in total. The number of quaternary nitrogens is 1. The van der Waals surface area contributed by atoms with Crippen LogP contribution in [-0.2, 0) is 9.59 Å². The van der Waals surface area contributed by atoms with Crippen LogP contribution in [0.1, 0.15) is 90.4 Å². The molecule has 0 radical (unpaired) electrons. The number of carbonyl (C=O) groups is 2. The number of amides is 2. The van der Waals surface area contributed by atoms with Crippen LogP contribution in [0.5, 0.6) is 0 Å². The van der Waals surface area contributed by atoms with E-state index in [0.29, 0.717) is 30.5 Å². The van der Waals surface area contributed by atoms with Crippen molar-refractivity contribution in [1.82, 2.24) is 10.6 Å². The van der Waals surface area contributed by atoms with Crippen LogP contribution in [0.2, 0.25) is 0 Å². The maximum absolute atomic E-state index is 12.0. The zero-order valence-electron chi connectivity index (χ0n) is 22.1. The molecule has 0 aromatic rings. The Morgan fingerprint density at radius 1 is 0.765 bits per heavy atom. The summed E-state index contributed by atoms with van der Waals surface area (Å²) in [7, 11) is 4.01. The Morgan fingerprint density at radius 3 is 2.00 bits per heavy atom. The number of nitrogens with one attached hydrogen (secondary N) is 2. The van der Waals surface area contributed by atoms with E-state index >= 15 is 0 Å². The summed E-state index contributed by atoms with van der Waals surface area (Å²) in [5, 5.41) is 14.4. The molecule has 0 aliphatic carbocycles. The van der Waals surface area contributed by atoms with Crippen molar-refractivity contribution < 1.29 is 31.6 Å². The highest BCUT2D eigenvalue weighted by atomic mass is 35.5. The van der Waals surface area contributed by atoms with E-state index in [2.05, 4.69) is 41.9 Å². The van der Waals surface area contributed by atoms with Gasteiger partial charge in [0.2, 0.25) is 5.91 Å². The molecule has 34 heavy (non-hydrogen) atoms. The number of hydrogen-bond acceptors (Lipinski definition) is 3. The number of halogens is 1. The molecule has 3 N–H and O–H groups in total. The largest absolute Gasteiger partial charge is 1.00 e. The third-order valence-corrected chi connectivity index (χ3v) is 5.62. The van der Waals surface area contributed by atoms with Gasteiger partial charge in [0.1, 0.15) is 0 Å². The molecule has 7 heteroatoms. The van der Waals surface area contributed by atoms with Gasteiger partial charge in [0, 0.05) is 25.9 Å². The summed E-state index contributed by atoms with van der Waals surface area (Å²) in [4.78, 5) is 23.7. The lowest BCUT2D eigenvalue weighted by atomic mass is 10.1. The molecule has 0 aromatic heterocycles. The van der Waals surface area contributed by atoms with Gasteiger partial charge in [-0.25, -0.2) is 0 Å². The van der Waals surface area contributed by atoms with Gasteiger partial charge in [0.15, 0.2) is 6.54 Å². The topological polar surface area (TPSA) is 78.4 Å². The second-order valence-electron chi connectivity index (χ2n) is 9.58. The minimum absolute atomic E-state index is 0. The first-order valence-corrected chi connectivity index (χ1v) is 13.2. The van der Waals surface area contributed by atoms with Gasteiger partial charge >= 0.3 is 0 Å². The van der Waals surface area contributed by atoms with Crippen molar-refractivity contribution in [3.63, 3.8) is 0 Å². The Labute approximate surface area is 215 Å². The van der Waals surface area contributed by atoms with Crippen molar-refractivity contribution in [3.8, 4) is 0 Å². The summed E-state index contributed by atoms with van der Waals surface area (Å²) < 4.78 is 0.568. The van der Waals surface area contributed by atoms with Crippen LogP contribution in [-0.4, -0.2) is 68.3 Å². The van der Waals surface area contributed by atoms with E-state index < -0.39 is 0 Å². The molecule has 2 amide bonds. The lowest BCUT2D eigenvalue weighted by molar-refractivity contribution is -0.882. The maximum Gasteiger partial charge on any atom is 0.275 e. The summed E-state index contributed by atoms with van der Waals surface area (Å²) in [6.45, 7) is 4.33. The number of rotatable bonds is 22. The Kier molecular flexibility index (Phi) is 25.3. The summed E-state index contributed by atoms with van der Waals surface area (Å²) in [6.07, 6.45) is 23.7. The van der Waals surface area contributed by atoms with E-state index in [0.717, 1.165) is 38.6 Å². The number of likely N-dealkylation sites (N-methyl/N-ethyl adjacent to an activating group) is 1. The highest BCUT2D eigenvalue weighted by Crippen LogP contribution is 2.08. The van der Waals surface area contributed by atoms with E-state index in [1.165, 1.54) is 44.9 Å². The highest BCUT2D eigenvalue weighted by Gasteiger charge is 2.19. The van der Waals surface area contributed by atoms with Crippen molar-refractivity contribution in [2.45, 2.75) is 90.4 Å². The van der Waals surface area contributed by atoms with Crippen molar-refractivity contribution in [1.29, 1.82) is 0 Å². The van der Waals surface area contributed by atoms with Crippen LogP contribution in [0.3, 0.4) is 0 Å². The second-order valence-corrected chi connectivity index (χ2v) is 9.58. The number of aliphatic hydroxyl groups is 1. The van der Waals surface area contributed by atoms with Crippen LogP contribution >= 0.6 is 0 Å². The first-order valence-electron chi connectivity index (χ1n) is 13.2. The Hall–Kier alpha value is -1.37. The Balaban J connectivity index is 0. The maximum atomic E-state index is 12.0. The second kappa shape index (κ2) is 24.7. The van der Waals surface area contributed by atoms with Gasteiger partial charge in [-0.15, -0.1) is 0 Å². The van der Waals surface area contributed by atoms with Crippen LogP contribution in [0.25, 0.3) is 0 Å². The quantitative estimate of drug-likeness (QED) is 0.119. The molecule has 0 aromatic carbocycles. The average Bonchev–Trinajstić information content (AvgIpc) is 2.77. The smallest absolute Gasteiger partial charge is 0.275 e. The lowest BCUT2D eigenvalue weighted by Gasteiger charge is -2.29. The van der Waals surface area contributed by atoms with E-state index in [9.17, 15) is 9.59 Å². The highest BCUT2D eigenvalue weighted by molar-refractivity contribution is 5.77. The molecule has 0 fully saturated rings. The predicted octanol–water partition coefficient (Wildman–Crippen LogP) is 1.50. The van der Waals surface area contributed by atoms with E-state index in [4.69, 9.17) is 5.11 Å². The van der Waals surface area contributed by atoms with Crippen molar-refractivity contribution in [2.75, 3.05) is 46.9 Å². The standard InChI is InChI=1S/C27H51N3O3.ClH/c1-4-5-6-7-8-9-10-11-12-13-14-15-16-17-18-20-26(32)28-21-19-23-30(2,3)25-27(33)29-22-24-31;/h8-9,11-12,31H,4-7,10,13-25H2,1-3H3,(H-,28,29,32,33);1H/b9-8-,12-11-;. The van der Waals surface area contributed by atoms with E-state index in [1.54, 1.807) is 0 Å². The SMILES string of the molecule is CCCCC/C=C\C/C=C\CCCCCCCC(=O)NCCC[N+](C)(C)CC(=O)NCCO.[Cl-]. The first kappa shape index (κ1) is 34.8. The van der Waals surface area contributed by atoms with Crippen LogP contribution in [0.4, 0.5) is 0 Å². The minimum Gasteiger partial charge on any atom is -1.00 e. The van der Waals surface area contributed by atoms with E-state index in [1.807, 2.05) is 14.1 Å². The third kappa shape index (κ3) is 25.3. The van der Waals surface area contributed by atoms with Crippen LogP contribution < -0.4 is 23.0 Å². The molecule has 0 spiro atoms. The minimum atomic E-state index is -0.0561. The fraction of sp³-hybridized carbons (Fsp3) is 0.778. The zero-order chi connectivity index (χ0) is 24.6. The summed E-state index contributed by atoms with van der Waals surface area (Å²) >= 11 is 0. The number of nitrogens with zero attached hydrogens (tertiary/aromatic N) is 1. The lowest BCUT2D eigenvalue weighted by Crippen LogP contribution is -3.00. The van der Waals surface area contributed by atoms with Gasteiger partial charge < -0.3 is 32.6 Å². The zero-order valence-corrected chi connectivity index (χ0v) is 22.9.